The first-order valence-electron chi connectivity index (χ1n) is 7.80. The molecule has 0 aromatic carbocycles. The van der Waals surface area contributed by atoms with Crippen LogP contribution in [-0.4, -0.2) is 34.2 Å². The second kappa shape index (κ2) is 5.73. The zero-order valence-electron chi connectivity index (χ0n) is 13.0. The van der Waals surface area contributed by atoms with Crippen molar-refractivity contribution in [2.45, 2.75) is 12.3 Å². The van der Waals surface area contributed by atoms with E-state index in [9.17, 15) is 14.4 Å². The number of anilines is 1. The number of aromatic nitrogens is 3. The fraction of sp³-hybridized carbons (Fsp3) is 0.333. The molecule has 130 valence electrons. The number of hydrogen-bond acceptors (Lipinski definition) is 4. The van der Waals surface area contributed by atoms with E-state index in [1.165, 1.54) is 0 Å². The molecule has 2 aliphatic rings. The Morgan fingerprint density at radius 2 is 2.20 bits per heavy atom. The molecule has 3 atom stereocenters. The van der Waals surface area contributed by atoms with Crippen LogP contribution in [-0.2, 0) is 16.0 Å². The van der Waals surface area contributed by atoms with Crippen molar-refractivity contribution < 1.29 is 19.4 Å². The summed E-state index contributed by atoms with van der Waals surface area (Å²) in [6.07, 6.45) is 2.18. The second-order valence-corrected chi connectivity index (χ2v) is 7.23. The van der Waals surface area contributed by atoms with Crippen molar-refractivity contribution in [1.82, 2.24) is 20.6 Å². The molecule has 10 heteroatoms. The van der Waals surface area contributed by atoms with Crippen LogP contribution in [0.1, 0.15) is 27.8 Å². The first-order valence-corrected chi connectivity index (χ1v) is 8.59. The Bertz CT molecular complexity index is 888. The molecule has 1 aliphatic heterocycles. The average Bonchev–Trinajstić information content (AvgIpc) is 3.22. The van der Waals surface area contributed by atoms with Crippen LogP contribution >= 0.6 is 15.9 Å². The zero-order valence-corrected chi connectivity index (χ0v) is 14.6. The molecule has 7 N–H and O–H groups in total. The van der Waals surface area contributed by atoms with Gasteiger partial charge in [0.15, 0.2) is 0 Å². The Hall–Kier alpha value is -2.62. The summed E-state index contributed by atoms with van der Waals surface area (Å²) in [7, 11) is 0. The lowest BCUT2D eigenvalue weighted by Crippen LogP contribution is -2.41. The molecular formula is C15H16BrN6O3+. The molecule has 3 amide bonds. The Balaban J connectivity index is 1.56. The molecule has 0 bridgehead atoms. The van der Waals surface area contributed by atoms with E-state index in [0.717, 1.165) is 10.2 Å². The van der Waals surface area contributed by atoms with Gasteiger partial charge in [0, 0.05) is 23.6 Å². The number of imide groups is 1. The summed E-state index contributed by atoms with van der Waals surface area (Å²) in [4.78, 5) is 45.5. The highest BCUT2D eigenvalue weighted by atomic mass is 79.9. The summed E-state index contributed by atoms with van der Waals surface area (Å²) >= 11 is 3.28. The molecule has 0 radical (unpaired) electrons. The summed E-state index contributed by atoms with van der Waals surface area (Å²) in [5.41, 5.74) is 7.63. The molecule has 3 heterocycles. The quantitative estimate of drug-likeness (QED) is 0.434. The predicted octanol–water partition coefficient (Wildman–Crippen LogP) is -0.540. The SMILES string of the molecule is Nc1[nH]c2c([nH+]1)[C@@H]1C(=O)NC(=O)[C@@H]1[C@H](CNC(=O)c1cc(Br)c[nH]1)C2. The molecule has 2 aromatic rings. The predicted molar refractivity (Wildman–Crippen MR) is 89.2 cm³/mol. The number of carbonyl (C=O) groups is 3. The number of nitrogens with one attached hydrogen (secondary N) is 5. The summed E-state index contributed by atoms with van der Waals surface area (Å²) in [6, 6.07) is 1.67. The van der Waals surface area contributed by atoms with Crippen LogP contribution in [0.15, 0.2) is 16.7 Å². The number of carbonyl (C=O) groups excluding carboxylic acids is 3. The van der Waals surface area contributed by atoms with E-state index in [0.29, 0.717) is 23.8 Å². The molecule has 1 saturated heterocycles. The molecule has 1 aliphatic carbocycles. The summed E-state index contributed by atoms with van der Waals surface area (Å²) < 4.78 is 0.776. The minimum absolute atomic E-state index is 0.210. The van der Waals surface area contributed by atoms with Gasteiger partial charge >= 0.3 is 5.95 Å². The lowest BCUT2D eigenvalue weighted by atomic mass is 9.73. The number of aromatic amines is 3. The van der Waals surface area contributed by atoms with E-state index in [1.54, 1.807) is 12.3 Å². The number of fused-ring (bicyclic) bond motifs is 3. The van der Waals surface area contributed by atoms with Gasteiger partial charge in [-0.2, -0.15) is 0 Å². The van der Waals surface area contributed by atoms with Gasteiger partial charge in [-0.05, 0) is 27.9 Å². The van der Waals surface area contributed by atoms with E-state index in [1.807, 2.05) is 0 Å². The molecule has 0 unspecified atom stereocenters. The van der Waals surface area contributed by atoms with Crippen LogP contribution in [0.3, 0.4) is 0 Å². The van der Waals surface area contributed by atoms with Crippen LogP contribution in [0.5, 0.6) is 0 Å². The standard InChI is InChI=1S/C15H15BrN6O3/c16-6-2-8(18-4-6)12(23)19-3-5-1-7-11(21-15(17)20-7)10-9(5)13(24)22-14(10)25/h2,4-5,9-10,18H,1,3H2,(H,19,23)(H3,17,20,21)(H,22,24,25)/p+1/t5-,9+,10+/m0/s1. The number of nitrogen functional groups attached to an aromatic ring is 1. The monoisotopic (exact) mass is 407 g/mol. The molecule has 4 rings (SSSR count). The van der Waals surface area contributed by atoms with Gasteiger partial charge in [-0.3, -0.25) is 25.4 Å². The maximum Gasteiger partial charge on any atom is 0.350 e. The summed E-state index contributed by atoms with van der Waals surface area (Å²) in [6.45, 7) is 0.274. The van der Waals surface area contributed by atoms with E-state index in [-0.39, 0.29) is 30.2 Å². The third-order valence-electron chi connectivity index (χ3n) is 4.77. The van der Waals surface area contributed by atoms with Gasteiger partial charge in [0.1, 0.15) is 23.0 Å². The normalized spacial score (nSPS) is 24.6. The summed E-state index contributed by atoms with van der Waals surface area (Å²) in [5, 5.41) is 5.21. The Labute approximate surface area is 150 Å². The highest BCUT2D eigenvalue weighted by Gasteiger charge is 2.53. The van der Waals surface area contributed by atoms with Crippen molar-refractivity contribution in [2.24, 2.45) is 11.8 Å². The molecule has 0 saturated carbocycles. The van der Waals surface area contributed by atoms with Crippen molar-refractivity contribution in [3.05, 3.63) is 33.8 Å². The Kier molecular flexibility index (Phi) is 3.64. The van der Waals surface area contributed by atoms with Gasteiger partial charge in [-0.1, -0.05) is 0 Å². The fourth-order valence-electron chi connectivity index (χ4n) is 3.71. The summed E-state index contributed by atoms with van der Waals surface area (Å²) in [5.74, 6) is -1.91. The van der Waals surface area contributed by atoms with Crippen LogP contribution < -0.4 is 21.4 Å². The lowest BCUT2D eigenvalue weighted by Gasteiger charge is -2.28. The molecule has 25 heavy (non-hydrogen) atoms. The first-order chi connectivity index (χ1) is 11.9. The van der Waals surface area contributed by atoms with Crippen molar-refractivity contribution in [3.8, 4) is 0 Å². The molecule has 9 nitrogen and oxygen atoms in total. The third kappa shape index (κ3) is 2.62. The Morgan fingerprint density at radius 3 is 2.92 bits per heavy atom. The number of imidazole rings is 1. The molecular weight excluding hydrogens is 392 g/mol. The highest BCUT2D eigenvalue weighted by Crippen LogP contribution is 2.40. The van der Waals surface area contributed by atoms with Gasteiger partial charge in [0.25, 0.3) is 5.91 Å². The van der Waals surface area contributed by atoms with Gasteiger partial charge in [-0.25, -0.2) is 9.97 Å². The van der Waals surface area contributed by atoms with Crippen LogP contribution in [0, 0.1) is 11.8 Å². The van der Waals surface area contributed by atoms with Gasteiger partial charge in [-0.15, -0.1) is 0 Å². The van der Waals surface area contributed by atoms with Crippen LogP contribution in [0.2, 0.25) is 0 Å². The van der Waals surface area contributed by atoms with Gasteiger partial charge in [0.05, 0.1) is 5.92 Å². The number of rotatable bonds is 3. The average molecular weight is 408 g/mol. The van der Waals surface area contributed by atoms with Gasteiger partial charge < -0.3 is 10.3 Å². The second-order valence-electron chi connectivity index (χ2n) is 6.32. The number of amides is 3. The topological polar surface area (TPSA) is 147 Å². The van der Waals surface area contributed by atoms with Crippen molar-refractivity contribution in [2.75, 3.05) is 12.3 Å². The van der Waals surface area contributed by atoms with Crippen molar-refractivity contribution in [1.29, 1.82) is 0 Å². The van der Waals surface area contributed by atoms with E-state index >= 15 is 0 Å². The largest absolute Gasteiger partial charge is 0.356 e. The zero-order chi connectivity index (χ0) is 17.7. The lowest BCUT2D eigenvalue weighted by molar-refractivity contribution is -0.373. The molecule has 0 spiro atoms. The van der Waals surface area contributed by atoms with Gasteiger partial charge in [0.2, 0.25) is 11.8 Å². The number of H-pyrrole nitrogens is 3. The highest BCUT2D eigenvalue weighted by molar-refractivity contribution is 9.10. The number of hydrogen-bond donors (Lipinski definition) is 5. The van der Waals surface area contributed by atoms with Crippen molar-refractivity contribution in [3.63, 3.8) is 0 Å². The molecule has 2 aromatic heterocycles. The van der Waals surface area contributed by atoms with E-state index < -0.39 is 11.8 Å². The third-order valence-corrected chi connectivity index (χ3v) is 5.23. The molecule has 1 fully saturated rings. The van der Waals surface area contributed by atoms with E-state index in [4.69, 9.17) is 5.73 Å². The number of nitrogens with two attached hydrogens (primary N) is 1. The number of halogens is 1. The minimum atomic E-state index is -0.605. The Morgan fingerprint density at radius 1 is 1.40 bits per heavy atom. The van der Waals surface area contributed by atoms with Crippen molar-refractivity contribution >= 4 is 39.6 Å². The minimum Gasteiger partial charge on any atom is -0.356 e. The first kappa shape index (κ1) is 15.9. The maximum atomic E-state index is 12.3. The maximum absolute atomic E-state index is 12.3. The van der Waals surface area contributed by atoms with E-state index in [2.05, 4.69) is 41.5 Å². The smallest absolute Gasteiger partial charge is 0.350 e. The van der Waals surface area contributed by atoms with Crippen LogP contribution in [0.4, 0.5) is 5.95 Å². The fourth-order valence-corrected chi connectivity index (χ4v) is 4.05. The van der Waals surface area contributed by atoms with Crippen LogP contribution in [0.25, 0.3) is 0 Å².